The molecule has 2 heterocycles. The number of amides is 2. The normalized spacial score (nSPS) is 19.1. The first kappa shape index (κ1) is 18.9. The number of hydrogen-bond donors (Lipinski definition) is 0. The number of nitro groups is 1. The van der Waals surface area contributed by atoms with Crippen LogP contribution in [-0.2, 0) is 19.0 Å². The molecule has 144 valence electrons. The van der Waals surface area contributed by atoms with Gasteiger partial charge in [-0.1, -0.05) is 6.07 Å². The molecule has 0 aromatic heterocycles. The lowest BCUT2D eigenvalue weighted by Gasteiger charge is -2.32. The standard InChI is InChI=1S/C17H18N2O8/c1-3-25-16(22)11(17(2)26-7-8-27-17)9-18-14(20)10-5-4-6-12(19(23)24)13(10)15(18)21/h4-6,11H,3,7-9H2,1-2H3. The largest absolute Gasteiger partial charge is 0.466 e. The van der Waals surface area contributed by atoms with E-state index < -0.39 is 40.1 Å². The van der Waals surface area contributed by atoms with Crippen LogP contribution in [-0.4, -0.2) is 59.8 Å². The zero-order valence-electron chi connectivity index (χ0n) is 14.8. The van der Waals surface area contributed by atoms with Gasteiger partial charge in [-0.3, -0.25) is 29.4 Å². The van der Waals surface area contributed by atoms with E-state index in [0.717, 1.165) is 11.0 Å². The van der Waals surface area contributed by atoms with Crippen molar-refractivity contribution in [2.45, 2.75) is 19.6 Å². The second-order valence-electron chi connectivity index (χ2n) is 6.20. The maximum absolute atomic E-state index is 12.7. The quantitative estimate of drug-likeness (QED) is 0.312. The molecule has 0 bridgehead atoms. The Bertz CT molecular complexity index is 815. The van der Waals surface area contributed by atoms with Crippen LogP contribution in [0.3, 0.4) is 0 Å². The van der Waals surface area contributed by atoms with Crippen molar-refractivity contribution in [2.24, 2.45) is 5.92 Å². The Morgan fingerprint density at radius 2 is 2.00 bits per heavy atom. The number of carbonyl (C=O) groups excluding carboxylic acids is 3. The summed E-state index contributed by atoms with van der Waals surface area (Å²) in [6.45, 7) is 3.37. The molecule has 10 heteroatoms. The van der Waals surface area contributed by atoms with Gasteiger partial charge in [-0.05, 0) is 19.9 Å². The van der Waals surface area contributed by atoms with Crippen molar-refractivity contribution in [3.8, 4) is 0 Å². The summed E-state index contributed by atoms with van der Waals surface area (Å²) in [7, 11) is 0. The summed E-state index contributed by atoms with van der Waals surface area (Å²) in [5, 5.41) is 11.2. The van der Waals surface area contributed by atoms with E-state index in [0.29, 0.717) is 0 Å². The average molecular weight is 378 g/mol. The molecule has 0 saturated carbocycles. The molecule has 0 aliphatic carbocycles. The van der Waals surface area contributed by atoms with Crippen LogP contribution >= 0.6 is 0 Å². The molecule has 0 radical (unpaired) electrons. The zero-order chi connectivity index (χ0) is 19.8. The number of esters is 1. The lowest BCUT2D eigenvalue weighted by atomic mass is 9.99. The summed E-state index contributed by atoms with van der Waals surface area (Å²) >= 11 is 0. The molecule has 0 spiro atoms. The minimum atomic E-state index is -1.37. The third kappa shape index (κ3) is 3.17. The van der Waals surface area contributed by atoms with Gasteiger partial charge in [0.25, 0.3) is 17.5 Å². The molecule has 1 atom stereocenters. The molecule has 0 N–H and O–H groups in total. The molecule has 1 aromatic carbocycles. The molecular formula is C17H18N2O8. The molecule has 1 saturated heterocycles. The SMILES string of the molecule is CCOC(=O)C(CN1C(=O)c2cccc([N+](=O)[O-])c2C1=O)C1(C)OCCO1. The minimum Gasteiger partial charge on any atom is -0.466 e. The van der Waals surface area contributed by atoms with Crippen LogP contribution in [0.15, 0.2) is 18.2 Å². The van der Waals surface area contributed by atoms with Crippen LogP contribution in [0.5, 0.6) is 0 Å². The molecule has 27 heavy (non-hydrogen) atoms. The maximum atomic E-state index is 12.7. The molecule has 2 amide bonds. The van der Waals surface area contributed by atoms with E-state index in [9.17, 15) is 24.5 Å². The Hall–Kier alpha value is -2.85. The van der Waals surface area contributed by atoms with E-state index in [1.54, 1.807) is 6.92 Å². The third-order valence-corrected chi connectivity index (χ3v) is 4.60. The monoisotopic (exact) mass is 378 g/mol. The van der Waals surface area contributed by atoms with Crippen molar-refractivity contribution in [3.63, 3.8) is 0 Å². The van der Waals surface area contributed by atoms with E-state index in [1.807, 2.05) is 0 Å². The van der Waals surface area contributed by atoms with Gasteiger partial charge in [0.2, 0.25) is 0 Å². The van der Waals surface area contributed by atoms with Crippen molar-refractivity contribution in [1.29, 1.82) is 0 Å². The molecule has 1 unspecified atom stereocenters. The lowest BCUT2D eigenvalue weighted by molar-refractivity contribution is -0.385. The van der Waals surface area contributed by atoms with Crippen molar-refractivity contribution in [2.75, 3.05) is 26.4 Å². The number of benzene rings is 1. The molecule has 10 nitrogen and oxygen atoms in total. The Morgan fingerprint density at radius 3 is 2.59 bits per heavy atom. The van der Waals surface area contributed by atoms with E-state index >= 15 is 0 Å². The summed E-state index contributed by atoms with van der Waals surface area (Å²) in [4.78, 5) is 49.1. The number of ether oxygens (including phenoxy) is 3. The van der Waals surface area contributed by atoms with Gasteiger partial charge in [-0.25, -0.2) is 0 Å². The first-order chi connectivity index (χ1) is 12.8. The van der Waals surface area contributed by atoms with Crippen LogP contribution < -0.4 is 0 Å². The second kappa shape index (κ2) is 7.05. The Kier molecular flexibility index (Phi) is 4.94. The van der Waals surface area contributed by atoms with E-state index in [4.69, 9.17) is 14.2 Å². The molecule has 3 rings (SSSR count). The third-order valence-electron chi connectivity index (χ3n) is 4.60. The first-order valence-corrected chi connectivity index (χ1v) is 8.38. The summed E-state index contributed by atoms with van der Waals surface area (Å²) in [6, 6.07) is 3.83. The van der Waals surface area contributed by atoms with E-state index in [-0.39, 0.29) is 37.5 Å². The molecule has 2 aliphatic rings. The average Bonchev–Trinajstić information content (AvgIpc) is 3.17. The molecule has 2 aliphatic heterocycles. The van der Waals surface area contributed by atoms with Gasteiger partial charge >= 0.3 is 5.97 Å². The fourth-order valence-electron chi connectivity index (χ4n) is 3.25. The highest BCUT2D eigenvalue weighted by molar-refractivity contribution is 6.23. The molecule has 1 fully saturated rings. The van der Waals surface area contributed by atoms with E-state index in [2.05, 4.69) is 0 Å². The van der Waals surface area contributed by atoms with E-state index in [1.165, 1.54) is 19.1 Å². The van der Waals surface area contributed by atoms with Crippen LogP contribution in [0.1, 0.15) is 34.6 Å². The fraction of sp³-hybridized carbons (Fsp3) is 0.471. The Balaban J connectivity index is 1.94. The van der Waals surface area contributed by atoms with Crippen LogP contribution in [0, 0.1) is 16.0 Å². The number of carbonyl (C=O) groups is 3. The van der Waals surface area contributed by atoms with Crippen LogP contribution in [0.25, 0.3) is 0 Å². The van der Waals surface area contributed by atoms with Gasteiger partial charge in [0.15, 0.2) is 5.79 Å². The predicted molar refractivity (Wildman–Crippen MR) is 88.9 cm³/mol. The van der Waals surface area contributed by atoms with Crippen molar-refractivity contribution >= 4 is 23.5 Å². The molecular weight excluding hydrogens is 360 g/mol. The Labute approximate surface area is 154 Å². The summed E-state index contributed by atoms with van der Waals surface area (Å²) in [5.74, 6) is -4.70. The molecule has 1 aromatic rings. The number of nitro benzene ring substituents is 1. The van der Waals surface area contributed by atoms with Gasteiger partial charge in [0, 0.05) is 12.6 Å². The second-order valence-corrected chi connectivity index (χ2v) is 6.20. The maximum Gasteiger partial charge on any atom is 0.316 e. The van der Waals surface area contributed by atoms with Gasteiger partial charge in [-0.2, -0.15) is 0 Å². The summed E-state index contributed by atoms with van der Waals surface area (Å²) < 4.78 is 16.1. The van der Waals surface area contributed by atoms with Crippen molar-refractivity contribution < 1.29 is 33.5 Å². The highest BCUT2D eigenvalue weighted by Crippen LogP contribution is 2.35. The van der Waals surface area contributed by atoms with Gasteiger partial charge < -0.3 is 14.2 Å². The predicted octanol–water partition coefficient (Wildman–Crippen LogP) is 1.13. The van der Waals surface area contributed by atoms with Crippen molar-refractivity contribution in [1.82, 2.24) is 4.90 Å². The topological polar surface area (TPSA) is 125 Å². The highest BCUT2D eigenvalue weighted by atomic mass is 16.7. The van der Waals surface area contributed by atoms with Gasteiger partial charge in [0.05, 0.1) is 30.3 Å². The summed E-state index contributed by atoms with van der Waals surface area (Å²) in [5.41, 5.74) is -0.815. The number of rotatable bonds is 6. The fourth-order valence-corrected chi connectivity index (χ4v) is 3.25. The number of hydrogen-bond acceptors (Lipinski definition) is 8. The number of fused-ring (bicyclic) bond motifs is 1. The van der Waals surface area contributed by atoms with Gasteiger partial charge in [0.1, 0.15) is 11.5 Å². The lowest BCUT2D eigenvalue weighted by Crippen LogP contribution is -2.49. The number of nitrogens with zero attached hydrogens (tertiary/aromatic N) is 2. The van der Waals surface area contributed by atoms with Crippen LogP contribution in [0.2, 0.25) is 0 Å². The minimum absolute atomic E-state index is 0.0739. The smallest absolute Gasteiger partial charge is 0.316 e. The zero-order valence-corrected chi connectivity index (χ0v) is 14.8. The van der Waals surface area contributed by atoms with Crippen LogP contribution in [0.4, 0.5) is 5.69 Å². The van der Waals surface area contributed by atoms with Crippen molar-refractivity contribution in [3.05, 3.63) is 39.4 Å². The Morgan fingerprint density at radius 1 is 1.33 bits per heavy atom. The highest BCUT2D eigenvalue weighted by Gasteiger charge is 2.50. The number of imide groups is 1. The first-order valence-electron chi connectivity index (χ1n) is 8.38. The van der Waals surface area contributed by atoms with Gasteiger partial charge in [-0.15, -0.1) is 0 Å². The summed E-state index contributed by atoms with van der Waals surface area (Å²) in [6.07, 6.45) is 0.